The fraction of sp³-hybridized carbons (Fsp3) is 0.286. The first kappa shape index (κ1) is 22.0. The summed E-state index contributed by atoms with van der Waals surface area (Å²) in [4.78, 5) is 25.9. The molecular weight excluding hydrogens is 392 g/mol. The van der Waals surface area contributed by atoms with Crippen molar-refractivity contribution in [3.8, 4) is 17.6 Å². The number of carbonyl (C=O) groups excluding carboxylic acids is 2. The summed E-state index contributed by atoms with van der Waals surface area (Å²) >= 11 is 1.26. The van der Waals surface area contributed by atoms with Crippen LogP contribution in [-0.2, 0) is 9.53 Å². The van der Waals surface area contributed by atoms with Crippen molar-refractivity contribution in [3.63, 3.8) is 0 Å². The van der Waals surface area contributed by atoms with Gasteiger partial charge in [-0.25, -0.2) is 4.79 Å². The summed E-state index contributed by atoms with van der Waals surface area (Å²) in [7, 11) is 2.98. The van der Waals surface area contributed by atoms with Gasteiger partial charge in [-0.1, -0.05) is 12.1 Å². The number of thiophene rings is 1. The van der Waals surface area contributed by atoms with Crippen LogP contribution in [-0.4, -0.2) is 32.7 Å². The number of carbonyl (C=O) groups is 2. The predicted molar refractivity (Wildman–Crippen MR) is 112 cm³/mol. The van der Waals surface area contributed by atoms with Crippen molar-refractivity contribution in [1.82, 2.24) is 0 Å². The van der Waals surface area contributed by atoms with Crippen LogP contribution in [0.5, 0.6) is 11.5 Å². The van der Waals surface area contributed by atoms with Gasteiger partial charge in [0.15, 0.2) is 11.5 Å². The molecule has 1 aromatic carbocycles. The van der Waals surface area contributed by atoms with E-state index in [0.717, 1.165) is 10.4 Å². The van der Waals surface area contributed by atoms with Crippen LogP contribution in [0.2, 0.25) is 0 Å². The number of ether oxygens (including phenoxy) is 3. The van der Waals surface area contributed by atoms with E-state index in [-0.39, 0.29) is 12.2 Å². The van der Waals surface area contributed by atoms with E-state index >= 15 is 0 Å². The largest absolute Gasteiger partial charge is 0.493 e. The Bertz CT molecular complexity index is 1000. The average Bonchev–Trinajstić information content (AvgIpc) is 2.98. The second-order valence-corrected chi connectivity index (χ2v) is 7.14. The molecule has 2 aromatic rings. The maximum absolute atomic E-state index is 12.7. The van der Waals surface area contributed by atoms with Gasteiger partial charge < -0.3 is 19.5 Å². The first-order chi connectivity index (χ1) is 13.9. The van der Waals surface area contributed by atoms with E-state index in [4.69, 9.17) is 14.2 Å². The molecule has 1 heterocycles. The van der Waals surface area contributed by atoms with Crippen molar-refractivity contribution in [2.75, 3.05) is 26.1 Å². The van der Waals surface area contributed by atoms with Crippen molar-refractivity contribution >= 4 is 34.3 Å². The molecule has 152 valence electrons. The van der Waals surface area contributed by atoms with E-state index in [0.29, 0.717) is 27.6 Å². The molecule has 0 bridgehead atoms. The summed E-state index contributed by atoms with van der Waals surface area (Å²) in [6.07, 6.45) is 1.41. The number of methoxy groups -OCH3 is 2. The number of nitrogens with zero attached hydrogens (tertiary/aromatic N) is 1. The van der Waals surface area contributed by atoms with Gasteiger partial charge in [-0.05, 0) is 38.5 Å². The molecule has 0 aliphatic heterocycles. The lowest BCUT2D eigenvalue weighted by Gasteiger charge is -2.10. The minimum Gasteiger partial charge on any atom is -0.493 e. The van der Waals surface area contributed by atoms with Crippen LogP contribution in [0.4, 0.5) is 5.00 Å². The number of benzene rings is 1. The van der Waals surface area contributed by atoms with Gasteiger partial charge >= 0.3 is 5.97 Å². The summed E-state index contributed by atoms with van der Waals surface area (Å²) in [6.45, 7) is 5.57. The average molecular weight is 414 g/mol. The number of hydrogen-bond donors (Lipinski definition) is 1. The van der Waals surface area contributed by atoms with Gasteiger partial charge in [0.05, 0.1) is 26.4 Å². The first-order valence-corrected chi connectivity index (χ1v) is 9.60. The van der Waals surface area contributed by atoms with E-state index in [1.54, 1.807) is 32.0 Å². The van der Waals surface area contributed by atoms with E-state index in [1.165, 1.54) is 31.6 Å². The third-order valence-electron chi connectivity index (χ3n) is 4.19. The van der Waals surface area contributed by atoms with Crippen molar-refractivity contribution in [3.05, 3.63) is 45.3 Å². The van der Waals surface area contributed by atoms with Gasteiger partial charge in [-0.2, -0.15) is 5.26 Å². The number of hydrogen-bond acceptors (Lipinski definition) is 7. The number of nitriles is 1. The quantitative estimate of drug-likeness (QED) is 0.416. The summed E-state index contributed by atoms with van der Waals surface area (Å²) in [5.74, 6) is -0.260. The zero-order valence-corrected chi connectivity index (χ0v) is 17.7. The van der Waals surface area contributed by atoms with Crippen LogP contribution in [0, 0.1) is 25.2 Å². The van der Waals surface area contributed by atoms with Gasteiger partial charge in [-0.15, -0.1) is 11.3 Å². The van der Waals surface area contributed by atoms with Crippen molar-refractivity contribution in [2.45, 2.75) is 20.8 Å². The van der Waals surface area contributed by atoms with Crippen molar-refractivity contribution in [2.24, 2.45) is 0 Å². The van der Waals surface area contributed by atoms with Crippen LogP contribution < -0.4 is 14.8 Å². The van der Waals surface area contributed by atoms with Crippen molar-refractivity contribution in [1.29, 1.82) is 5.26 Å². The molecule has 0 atom stereocenters. The molecule has 0 fully saturated rings. The highest BCUT2D eigenvalue weighted by Crippen LogP contribution is 2.34. The summed E-state index contributed by atoms with van der Waals surface area (Å²) in [6, 6.07) is 7.04. The molecule has 1 N–H and O–H groups in total. The van der Waals surface area contributed by atoms with E-state index in [2.05, 4.69) is 5.32 Å². The monoisotopic (exact) mass is 414 g/mol. The van der Waals surface area contributed by atoms with E-state index in [1.807, 2.05) is 13.0 Å². The highest BCUT2D eigenvalue weighted by atomic mass is 32.1. The molecule has 0 saturated carbocycles. The number of esters is 1. The van der Waals surface area contributed by atoms with Crippen LogP contribution in [0.15, 0.2) is 23.8 Å². The Hall–Kier alpha value is -3.31. The number of rotatable bonds is 7. The Balaban J connectivity index is 2.40. The predicted octanol–water partition coefficient (Wildman–Crippen LogP) is 4.10. The maximum Gasteiger partial charge on any atom is 0.341 e. The molecule has 0 radical (unpaired) electrons. The Morgan fingerprint density at radius 3 is 2.55 bits per heavy atom. The normalized spacial score (nSPS) is 10.8. The molecule has 2 rings (SSSR count). The van der Waals surface area contributed by atoms with Crippen LogP contribution in [0.3, 0.4) is 0 Å². The second-order valence-electron chi connectivity index (χ2n) is 5.91. The highest BCUT2D eigenvalue weighted by molar-refractivity contribution is 7.16. The fourth-order valence-corrected chi connectivity index (χ4v) is 3.71. The molecule has 0 unspecified atom stereocenters. The summed E-state index contributed by atoms with van der Waals surface area (Å²) in [5, 5.41) is 12.5. The lowest BCUT2D eigenvalue weighted by atomic mass is 10.1. The highest BCUT2D eigenvalue weighted by Gasteiger charge is 2.23. The summed E-state index contributed by atoms with van der Waals surface area (Å²) in [5.41, 5.74) is 1.41. The minimum absolute atomic E-state index is 0.143. The van der Waals surface area contributed by atoms with Gasteiger partial charge in [0.25, 0.3) is 5.91 Å². The Kier molecular flexibility index (Phi) is 7.39. The number of amides is 1. The lowest BCUT2D eigenvalue weighted by Crippen LogP contribution is -2.16. The number of nitrogens with one attached hydrogen (secondary N) is 1. The molecule has 1 aromatic heterocycles. The minimum atomic E-state index is -0.635. The number of para-hydroxylation sites is 1. The fourth-order valence-electron chi connectivity index (χ4n) is 2.66. The molecule has 0 spiro atoms. The topological polar surface area (TPSA) is 97.7 Å². The SMILES string of the molecule is CCOC(=O)c1c(NC(=O)/C(C#N)=C/c2cccc(OC)c2OC)sc(C)c1C. The zero-order valence-electron chi connectivity index (χ0n) is 16.9. The van der Waals surface area contributed by atoms with Gasteiger partial charge in [-0.3, -0.25) is 4.79 Å². The number of aryl methyl sites for hydroxylation is 1. The molecule has 7 nitrogen and oxygen atoms in total. The smallest absolute Gasteiger partial charge is 0.341 e. The third kappa shape index (κ3) is 4.76. The third-order valence-corrected chi connectivity index (χ3v) is 5.31. The molecule has 29 heavy (non-hydrogen) atoms. The zero-order chi connectivity index (χ0) is 21.6. The van der Waals surface area contributed by atoms with Gasteiger partial charge in [0.2, 0.25) is 0 Å². The molecule has 0 saturated heterocycles. The Morgan fingerprint density at radius 1 is 1.24 bits per heavy atom. The van der Waals surface area contributed by atoms with Crippen LogP contribution in [0.1, 0.15) is 33.3 Å². The van der Waals surface area contributed by atoms with E-state index in [9.17, 15) is 14.9 Å². The molecule has 0 aliphatic carbocycles. The molecule has 0 aliphatic rings. The van der Waals surface area contributed by atoms with Crippen molar-refractivity contribution < 1.29 is 23.8 Å². The van der Waals surface area contributed by atoms with Gasteiger partial charge in [0.1, 0.15) is 16.6 Å². The molecule has 8 heteroatoms. The summed E-state index contributed by atoms with van der Waals surface area (Å²) < 4.78 is 15.7. The standard InChI is InChI=1S/C21H22N2O5S/c1-6-28-21(25)17-12(2)13(3)29-20(17)23-19(24)15(11-22)10-14-8-7-9-16(26-4)18(14)27-5/h7-10H,6H2,1-5H3,(H,23,24)/b15-10+. The Labute approximate surface area is 173 Å². The van der Waals surface area contributed by atoms with E-state index < -0.39 is 11.9 Å². The van der Waals surface area contributed by atoms with Crippen LogP contribution >= 0.6 is 11.3 Å². The van der Waals surface area contributed by atoms with Crippen LogP contribution in [0.25, 0.3) is 6.08 Å². The Morgan fingerprint density at radius 2 is 1.97 bits per heavy atom. The maximum atomic E-state index is 12.7. The second kappa shape index (κ2) is 9.75. The number of anilines is 1. The lowest BCUT2D eigenvalue weighted by molar-refractivity contribution is -0.112. The first-order valence-electron chi connectivity index (χ1n) is 8.79. The molecular formula is C21H22N2O5S. The van der Waals surface area contributed by atoms with Gasteiger partial charge in [0, 0.05) is 10.4 Å². The molecule has 1 amide bonds.